The van der Waals surface area contributed by atoms with Crippen LogP contribution in [0.3, 0.4) is 0 Å². The number of hydrogen-bond acceptors (Lipinski definition) is 4. The zero-order valence-corrected chi connectivity index (χ0v) is 11.6. The highest BCUT2D eigenvalue weighted by Gasteiger charge is 2.19. The van der Waals surface area contributed by atoms with E-state index in [1.807, 2.05) is 30.3 Å². The molecule has 3 rings (SSSR count). The minimum atomic E-state index is -0.479. The van der Waals surface area contributed by atoms with Gasteiger partial charge >= 0.3 is 0 Å². The molecular weight excluding hydrogens is 266 g/mol. The minimum absolute atomic E-state index is 0.413. The molecule has 0 fully saturated rings. The molecule has 0 aromatic heterocycles. The van der Waals surface area contributed by atoms with Crippen LogP contribution in [0.2, 0.25) is 0 Å². The maximum absolute atomic E-state index is 11.2. The number of primary amides is 1. The second-order valence-corrected chi connectivity index (χ2v) is 4.96. The molecule has 0 saturated heterocycles. The Morgan fingerprint density at radius 2 is 1.95 bits per heavy atom. The second-order valence-electron chi connectivity index (χ2n) is 4.96. The van der Waals surface area contributed by atoms with Gasteiger partial charge in [0.05, 0.1) is 23.7 Å². The molecule has 0 unspecified atom stereocenters. The van der Waals surface area contributed by atoms with Gasteiger partial charge < -0.3 is 21.1 Å². The van der Waals surface area contributed by atoms with E-state index in [1.54, 1.807) is 12.1 Å². The lowest BCUT2D eigenvalue weighted by molar-refractivity contribution is 0.100. The van der Waals surface area contributed by atoms with Gasteiger partial charge in [-0.3, -0.25) is 4.79 Å². The number of nitrogens with zero attached hydrogens (tertiary/aromatic N) is 1. The first kappa shape index (κ1) is 13.3. The molecule has 0 atom stereocenters. The van der Waals surface area contributed by atoms with Gasteiger partial charge in [-0.05, 0) is 36.8 Å². The first-order valence-corrected chi connectivity index (χ1v) is 6.85. The van der Waals surface area contributed by atoms with Gasteiger partial charge in [0.1, 0.15) is 5.75 Å². The topological polar surface area (TPSA) is 81.6 Å². The molecule has 108 valence electrons. The summed E-state index contributed by atoms with van der Waals surface area (Å²) >= 11 is 0. The molecule has 1 aliphatic rings. The molecule has 0 radical (unpaired) electrons. The number of carbonyl (C=O) groups is 1. The third kappa shape index (κ3) is 2.50. The molecule has 1 heterocycles. The normalized spacial score (nSPS) is 14.0. The summed E-state index contributed by atoms with van der Waals surface area (Å²) in [6.45, 7) is 1.48. The molecule has 2 aromatic carbocycles. The molecule has 1 amide bonds. The Balaban J connectivity index is 2.06. The maximum Gasteiger partial charge on any atom is 0.248 e. The average Bonchev–Trinajstić information content (AvgIpc) is 2.69. The third-order valence-electron chi connectivity index (χ3n) is 3.54. The molecule has 2 aromatic rings. The number of fused-ring (bicyclic) bond motifs is 1. The fourth-order valence-electron chi connectivity index (χ4n) is 2.53. The summed E-state index contributed by atoms with van der Waals surface area (Å²) in [6.07, 6.45) is 0.895. The van der Waals surface area contributed by atoms with Crippen LogP contribution in [0.4, 0.5) is 17.1 Å². The molecule has 1 aliphatic heterocycles. The molecule has 4 N–H and O–H groups in total. The van der Waals surface area contributed by atoms with Gasteiger partial charge in [0.15, 0.2) is 0 Å². The predicted octanol–water partition coefficient (Wildman–Crippen LogP) is 2.29. The lowest BCUT2D eigenvalue weighted by atomic mass is 10.1. The van der Waals surface area contributed by atoms with E-state index in [2.05, 4.69) is 4.90 Å². The van der Waals surface area contributed by atoms with E-state index in [-0.39, 0.29) is 0 Å². The number of amides is 1. The van der Waals surface area contributed by atoms with Crippen molar-refractivity contribution in [3.05, 3.63) is 48.0 Å². The van der Waals surface area contributed by atoms with Crippen LogP contribution in [0.25, 0.3) is 0 Å². The highest BCUT2D eigenvalue weighted by atomic mass is 16.5. The van der Waals surface area contributed by atoms with E-state index >= 15 is 0 Å². The Labute approximate surface area is 123 Å². The lowest BCUT2D eigenvalue weighted by Gasteiger charge is -2.25. The Hall–Kier alpha value is -2.69. The van der Waals surface area contributed by atoms with Crippen LogP contribution < -0.4 is 21.1 Å². The van der Waals surface area contributed by atoms with Crippen LogP contribution in [-0.4, -0.2) is 19.1 Å². The van der Waals surface area contributed by atoms with E-state index in [0.29, 0.717) is 17.9 Å². The van der Waals surface area contributed by atoms with Crippen molar-refractivity contribution in [2.75, 3.05) is 23.8 Å². The number of rotatable bonds is 2. The highest BCUT2D eigenvalue weighted by Crippen LogP contribution is 2.38. The Morgan fingerprint density at radius 3 is 2.71 bits per heavy atom. The largest absolute Gasteiger partial charge is 0.491 e. The number of ether oxygens (including phenoxy) is 1. The summed E-state index contributed by atoms with van der Waals surface area (Å²) in [7, 11) is 0. The van der Waals surface area contributed by atoms with Crippen LogP contribution in [0.5, 0.6) is 5.75 Å². The Morgan fingerprint density at radius 1 is 1.14 bits per heavy atom. The van der Waals surface area contributed by atoms with Crippen molar-refractivity contribution in [2.24, 2.45) is 5.73 Å². The summed E-state index contributed by atoms with van der Waals surface area (Å²) in [5, 5.41) is 0. The van der Waals surface area contributed by atoms with E-state index in [0.717, 1.165) is 30.1 Å². The van der Waals surface area contributed by atoms with Gasteiger partial charge in [-0.1, -0.05) is 12.1 Å². The summed E-state index contributed by atoms with van der Waals surface area (Å²) in [5.41, 5.74) is 14.2. The zero-order valence-electron chi connectivity index (χ0n) is 11.6. The van der Waals surface area contributed by atoms with E-state index < -0.39 is 5.91 Å². The Bertz CT molecular complexity index is 685. The van der Waals surface area contributed by atoms with Crippen molar-refractivity contribution in [1.82, 2.24) is 0 Å². The number of anilines is 3. The molecular formula is C16H17N3O2. The van der Waals surface area contributed by atoms with Crippen molar-refractivity contribution in [3.63, 3.8) is 0 Å². The van der Waals surface area contributed by atoms with E-state index in [9.17, 15) is 4.79 Å². The smallest absolute Gasteiger partial charge is 0.248 e. The summed E-state index contributed by atoms with van der Waals surface area (Å²) in [5.74, 6) is 0.362. The minimum Gasteiger partial charge on any atom is -0.491 e. The molecule has 0 saturated carbocycles. The van der Waals surface area contributed by atoms with Crippen LogP contribution in [0, 0.1) is 0 Å². The van der Waals surface area contributed by atoms with Gasteiger partial charge in [0.2, 0.25) is 5.91 Å². The quantitative estimate of drug-likeness (QED) is 0.828. The molecule has 0 spiro atoms. The van der Waals surface area contributed by atoms with Crippen LogP contribution in [0.1, 0.15) is 16.8 Å². The van der Waals surface area contributed by atoms with Crippen molar-refractivity contribution >= 4 is 23.0 Å². The number of hydrogen-bond donors (Lipinski definition) is 2. The highest BCUT2D eigenvalue weighted by molar-refractivity contribution is 5.95. The average molecular weight is 283 g/mol. The molecule has 5 heteroatoms. The van der Waals surface area contributed by atoms with Gasteiger partial charge in [0, 0.05) is 12.1 Å². The predicted molar refractivity (Wildman–Crippen MR) is 82.9 cm³/mol. The first-order chi connectivity index (χ1) is 10.2. The number of nitrogen functional groups attached to an aromatic ring is 1. The number of benzene rings is 2. The molecule has 0 aliphatic carbocycles. The van der Waals surface area contributed by atoms with Gasteiger partial charge in [0.25, 0.3) is 0 Å². The second kappa shape index (κ2) is 5.36. The van der Waals surface area contributed by atoms with E-state index in [4.69, 9.17) is 16.2 Å². The van der Waals surface area contributed by atoms with Gasteiger partial charge in [-0.15, -0.1) is 0 Å². The standard InChI is InChI=1S/C16H17N3O2/c17-12-10-11(16(18)20)6-7-13(12)19-8-3-9-21-15-5-2-1-4-14(15)19/h1-2,4-7,10H,3,8-9,17H2,(H2,18,20). The molecule has 0 bridgehead atoms. The summed E-state index contributed by atoms with van der Waals surface area (Å²) < 4.78 is 5.75. The summed E-state index contributed by atoms with van der Waals surface area (Å²) in [4.78, 5) is 13.3. The SMILES string of the molecule is NC(=O)c1ccc(N2CCCOc3ccccc32)c(N)c1. The third-order valence-corrected chi connectivity index (χ3v) is 3.54. The van der Waals surface area contributed by atoms with Crippen molar-refractivity contribution < 1.29 is 9.53 Å². The first-order valence-electron chi connectivity index (χ1n) is 6.85. The van der Waals surface area contributed by atoms with Crippen molar-refractivity contribution in [1.29, 1.82) is 0 Å². The van der Waals surface area contributed by atoms with Crippen LogP contribution >= 0.6 is 0 Å². The number of nitrogens with two attached hydrogens (primary N) is 2. The van der Waals surface area contributed by atoms with Crippen LogP contribution in [0.15, 0.2) is 42.5 Å². The van der Waals surface area contributed by atoms with Gasteiger partial charge in [-0.2, -0.15) is 0 Å². The fraction of sp³-hybridized carbons (Fsp3) is 0.188. The molecule has 21 heavy (non-hydrogen) atoms. The number of carbonyl (C=O) groups excluding carboxylic acids is 1. The van der Waals surface area contributed by atoms with E-state index in [1.165, 1.54) is 0 Å². The Kier molecular flexibility index (Phi) is 3.39. The van der Waals surface area contributed by atoms with Crippen LogP contribution in [-0.2, 0) is 0 Å². The molecule has 5 nitrogen and oxygen atoms in total. The maximum atomic E-state index is 11.2. The summed E-state index contributed by atoms with van der Waals surface area (Å²) in [6, 6.07) is 13.0. The monoisotopic (exact) mass is 283 g/mol. The fourth-order valence-corrected chi connectivity index (χ4v) is 2.53. The van der Waals surface area contributed by atoms with Crippen molar-refractivity contribution in [3.8, 4) is 5.75 Å². The van der Waals surface area contributed by atoms with Gasteiger partial charge in [-0.25, -0.2) is 0 Å². The number of para-hydroxylation sites is 2. The van der Waals surface area contributed by atoms with Crippen molar-refractivity contribution in [2.45, 2.75) is 6.42 Å². The lowest BCUT2D eigenvalue weighted by Crippen LogP contribution is -2.19. The zero-order chi connectivity index (χ0) is 14.8.